The van der Waals surface area contributed by atoms with E-state index in [0.717, 1.165) is 5.56 Å². The molecule has 140 valence electrons. The Morgan fingerprint density at radius 1 is 1.11 bits per heavy atom. The lowest BCUT2D eigenvalue weighted by atomic mass is 10.1. The van der Waals surface area contributed by atoms with Gasteiger partial charge in [0.25, 0.3) is 5.91 Å². The van der Waals surface area contributed by atoms with Crippen LogP contribution in [0.2, 0.25) is 0 Å². The van der Waals surface area contributed by atoms with Crippen LogP contribution in [-0.2, 0) is 22.8 Å². The molecule has 0 fully saturated rings. The second-order valence-electron chi connectivity index (χ2n) is 6.10. The van der Waals surface area contributed by atoms with Crippen LogP contribution >= 0.6 is 0 Å². The minimum absolute atomic E-state index is 0.212. The van der Waals surface area contributed by atoms with Crippen molar-refractivity contribution in [2.45, 2.75) is 17.9 Å². The first-order chi connectivity index (χ1) is 12.8. The third kappa shape index (κ3) is 4.91. The third-order valence-electron chi connectivity index (χ3n) is 3.88. The number of nitrogens with one attached hydrogen (secondary N) is 2. The van der Waals surface area contributed by atoms with E-state index in [2.05, 4.69) is 20.5 Å². The Balaban J connectivity index is 1.58. The number of benzene rings is 2. The van der Waals surface area contributed by atoms with E-state index in [9.17, 15) is 13.2 Å². The number of H-pyrrole nitrogens is 1. The molecule has 1 amide bonds. The largest absolute Gasteiger partial charge is 0.399 e. The Morgan fingerprint density at radius 2 is 1.78 bits per heavy atom. The van der Waals surface area contributed by atoms with E-state index in [4.69, 9.17) is 5.73 Å². The van der Waals surface area contributed by atoms with Crippen LogP contribution in [0.25, 0.3) is 0 Å². The molecule has 8 nitrogen and oxygen atoms in total. The van der Waals surface area contributed by atoms with Gasteiger partial charge in [0.05, 0.1) is 11.4 Å². The normalized spacial score (nSPS) is 11.3. The molecule has 0 saturated carbocycles. The first-order valence-electron chi connectivity index (χ1n) is 8.14. The fourth-order valence-electron chi connectivity index (χ4n) is 2.43. The number of anilines is 1. The molecule has 27 heavy (non-hydrogen) atoms. The summed E-state index contributed by atoms with van der Waals surface area (Å²) in [6.45, 7) is 0.212. The van der Waals surface area contributed by atoms with Crippen molar-refractivity contribution in [3.63, 3.8) is 0 Å². The molecule has 1 aromatic heterocycles. The summed E-state index contributed by atoms with van der Waals surface area (Å²) in [6.07, 6.45) is 1.62. The Kier molecular flexibility index (Phi) is 5.22. The predicted octanol–water partition coefficient (Wildman–Crippen LogP) is 1.31. The Labute approximate surface area is 156 Å². The van der Waals surface area contributed by atoms with E-state index in [-0.39, 0.29) is 17.3 Å². The quantitative estimate of drug-likeness (QED) is 0.548. The zero-order valence-electron chi connectivity index (χ0n) is 14.6. The molecule has 9 heteroatoms. The number of hydrogen-bond donors (Lipinski definition) is 3. The van der Waals surface area contributed by atoms with Crippen molar-refractivity contribution in [2.75, 3.05) is 12.0 Å². The summed E-state index contributed by atoms with van der Waals surface area (Å²) in [4.78, 5) is 16.7. The summed E-state index contributed by atoms with van der Waals surface area (Å²) >= 11 is 0. The number of amides is 1. The second-order valence-corrected chi connectivity index (χ2v) is 8.11. The summed E-state index contributed by atoms with van der Waals surface area (Å²) in [5.74, 6) is 0.852. The van der Waals surface area contributed by atoms with Gasteiger partial charge in [-0.1, -0.05) is 12.1 Å². The summed E-state index contributed by atoms with van der Waals surface area (Å²) in [6, 6.07) is 13.2. The number of nitrogens with two attached hydrogens (primary N) is 1. The number of carbonyl (C=O) groups is 1. The van der Waals surface area contributed by atoms with Crippen molar-refractivity contribution in [2.24, 2.45) is 0 Å². The lowest BCUT2D eigenvalue weighted by Gasteiger charge is -2.03. The number of carbonyl (C=O) groups excluding carboxylic acids is 1. The van der Waals surface area contributed by atoms with Crippen molar-refractivity contribution < 1.29 is 13.2 Å². The average Bonchev–Trinajstić information content (AvgIpc) is 3.07. The standard InChI is InChI=1S/C18H19N5O3S/c1-27(25,26)15-8-2-12(3-9-15)10-16-21-17(23-22-16)11-20-18(24)13-4-6-14(19)7-5-13/h2-9H,10-11,19H2,1H3,(H,20,24)(H,21,22,23). The SMILES string of the molecule is CS(=O)(=O)c1ccc(Cc2n[nH]c(CNC(=O)c3ccc(N)cc3)n2)cc1. The number of rotatable bonds is 6. The Morgan fingerprint density at radius 3 is 2.41 bits per heavy atom. The molecule has 3 aromatic rings. The monoisotopic (exact) mass is 385 g/mol. The maximum atomic E-state index is 12.1. The van der Waals surface area contributed by atoms with Gasteiger partial charge >= 0.3 is 0 Å². The molecule has 0 atom stereocenters. The zero-order chi connectivity index (χ0) is 19.4. The molecular formula is C18H19N5O3S. The highest BCUT2D eigenvalue weighted by Crippen LogP contribution is 2.12. The van der Waals surface area contributed by atoms with Crippen molar-refractivity contribution in [1.82, 2.24) is 20.5 Å². The van der Waals surface area contributed by atoms with Crippen molar-refractivity contribution in [3.8, 4) is 0 Å². The second kappa shape index (κ2) is 7.58. The molecule has 0 spiro atoms. The van der Waals surface area contributed by atoms with Gasteiger partial charge in [-0.2, -0.15) is 5.10 Å². The highest BCUT2D eigenvalue weighted by Gasteiger charge is 2.10. The fourth-order valence-corrected chi connectivity index (χ4v) is 3.06. The molecule has 1 heterocycles. The number of nitrogen functional groups attached to an aromatic ring is 1. The minimum Gasteiger partial charge on any atom is -0.399 e. The van der Waals surface area contributed by atoms with Crippen molar-refractivity contribution in [1.29, 1.82) is 0 Å². The number of hydrogen-bond acceptors (Lipinski definition) is 6. The molecule has 0 aliphatic rings. The molecule has 0 unspecified atom stereocenters. The van der Waals surface area contributed by atoms with Gasteiger partial charge < -0.3 is 11.1 Å². The van der Waals surface area contributed by atoms with Crippen LogP contribution < -0.4 is 11.1 Å². The van der Waals surface area contributed by atoms with Gasteiger partial charge in [-0.05, 0) is 42.0 Å². The summed E-state index contributed by atoms with van der Waals surface area (Å²) in [5.41, 5.74) is 7.59. The van der Waals surface area contributed by atoms with Gasteiger partial charge in [0.2, 0.25) is 0 Å². The summed E-state index contributed by atoms with van der Waals surface area (Å²) < 4.78 is 23.0. The van der Waals surface area contributed by atoms with E-state index in [1.165, 1.54) is 6.26 Å². The van der Waals surface area contributed by atoms with Crippen LogP contribution in [0.4, 0.5) is 5.69 Å². The molecule has 0 saturated heterocycles. The van der Waals surface area contributed by atoms with Crippen LogP contribution in [0.5, 0.6) is 0 Å². The van der Waals surface area contributed by atoms with Gasteiger partial charge in [-0.15, -0.1) is 0 Å². The number of sulfone groups is 1. The number of nitrogens with zero attached hydrogens (tertiary/aromatic N) is 2. The Bertz CT molecular complexity index is 1040. The first-order valence-corrected chi connectivity index (χ1v) is 10.0. The molecule has 0 aliphatic carbocycles. The lowest BCUT2D eigenvalue weighted by Crippen LogP contribution is -2.23. The van der Waals surface area contributed by atoms with Gasteiger partial charge in [0, 0.05) is 23.9 Å². The highest BCUT2D eigenvalue weighted by atomic mass is 32.2. The van der Waals surface area contributed by atoms with E-state index in [0.29, 0.717) is 29.3 Å². The fraction of sp³-hybridized carbons (Fsp3) is 0.167. The van der Waals surface area contributed by atoms with Gasteiger partial charge in [-0.25, -0.2) is 13.4 Å². The zero-order valence-corrected chi connectivity index (χ0v) is 15.5. The van der Waals surface area contributed by atoms with Crippen LogP contribution in [0.15, 0.2) is 53.4 Å². The van der Waals surface area contributed by atoms with Crippen LogP contribution in [0.1, 0.15) is 27.6 Å². The predicted molar refractivity (Wildman–Crippen MR) is 101 cm³/mol. The topological polar surface area (TPSA) is 131 Å². The lowest BCUT2D eigenvalue weighted by molar-refractivity contribution is 0.0950. The van der Waals surface area contributed by atoms with Gasteiger partial charge in [-0.3, -0.25) is 9.89 Å². The molecule has 0 aliphatic heterocycles. The molecule has 0 radical (unpaired) electrons. The van der Waals surface area contributed by atoms with Gasteiger partial charge in [0.15, 0.2) is 15.7 Å². The van der Waals surface area contributed by atoms with Crippen LogP contribution in [0, 0.1) is 0 Å². The van der Waals surface area contributed by atoms with E-state index in [1.807, 2.05) is 0 Å². The molecule has 4 N–H and O–H groups in total. The smallest absolute Gasteiger partial charge is 0.251 e. The van der Waals surface area contributed by atoms with E-state index in [1.54, 1.807) is 48.5 Å². The number of aromatic nitrogens is 3. The van der Waals surface area contributed by atoms with Crippen molar-refractivity contribution in [3.05, 3.63) is 71.3 Å². The van der Waals surface area contributed by atoms with Gasteiger partial charge in [0.1, 0.15) is 5.82 Å². The highest BCUT2D eigenvalue weighted by molar-refractivity contribution is 7.90. The van der Waals surface area contributed by atoms with Crippen molar-refractivity contribution >= 4 is 21.4 Å². The summed E-state index contributed by atoms with van der Waals surface area (Å²) in [5, 5.41) is 9.66. The van der Waals surface area contributed by atoms with E-state index >= 15 is 0 Å². The molecule has 0 bridgehead atoms. The average molecular weight is 385 g/mol. The Hall–Kier alpha value is -3.20. The van der Waals surface area contributed by atoms with E-state index < -0.39 is 9.84 Å². The molecular weight excluding hydrogens is 366 g/mol. The minimum atomic E-state index is -3.21. The van der Waals surface area contributed by atoms with Crippen LogP contribution in [-0.4, -0.2) is 35.8 Å². The first kappa shape index (κ1) is 18.6. The van der Waals surface area contributed by atoms with Crippen LogP contribution in [0.3, 0.4) is 0 Å². The maximum Gasteiger partial charge on any atom is 0.251 e. The third-order valence-corrected chi connectivity index (χ3v) is 5.01. The molecule has 2 aromatic carbocycles. The maximum absolute atomic E-state index is 12.1. The molecule has 3 rings (SSSR count). The summed E-state index contributed by atoms with van der Waals surface area (Å²) in [7, 11) is -3.21. The number of aromatic amines is 1.